The van der Waals surface area contributed by atoms with E-state index in [-0.39, 0.29) is 0 Å². The summed E-state index contributed by atoms with van der Waals surface area (Å²) in [6.07, 6.45) is 5.50. The molecular weight excluding hydrogens is 206 g/mol. The minimum absolute atomic E-state index is 0.667. The monoisotopic (exact) mass is 231 g/mol. The number of rotatable bonds is 7. The Balaban J connectivity index is 2.07. The Bertz CT molecular complexity index is 316. The number of hydrogen-bond acceptors (Lipinski definition) is 1. The first-order valence-corrected chi connectivity index (χ1v) is 7.13. The van der Waals surface area contributed by atoms with Gasteiger partial charge in [-0.15, -0.1) is 0 Å². The van der Waals surface area contributed by atoms with Gasteiger partial charge in [-0.25, -0.2) is 0 Å². The average Bonchev–Trinajstić information content (AvgIpc) is 3.16. The van der Waals surface area contributed by atoms with Crippen molar-refractivity contribution in [2.24, 2.45) is 5.92 Å². The zero-order valence-corrected chi connectivity index (χ0v) is 11.2. The molecule has 0 aliphatic heterocycles. The van der Waals surface area contributed by atoms with Crippen LogP contribution in [0.15, 0.2) is 30.3 Å². The van der Waals surface area contributed by atoms with Crippen molar-refractivity contribution in [1.82, 2.24) is 5.32 Å². The lowest BCUT2D eigenvalue weighted by molar-refractivity contribution is 0.390. The molecule has 0 amide bonds. The van der Waals surface area contributed by atoms with E-state index < -0.39 is 0 Å². The number of benzene rings is 1. The largest absolute Gasteiger partial charge is 0.314 e. The molecule has 1 aromatic rings. The van der Waals surface area contributed by atoms with E-state index in [1.54, 1.807) is 0 Å². The Kier molecular flexibility index (Phi) is 4.61. The summed E-state index contributed by atoms with van der Waals surface area (Å²) in [5.74, 6) is 1.67. The molecule has 1 aliphatic rings. The molecule has 1 fully saturated rings. The summed E-state index contributed by atoms with van der Waals surface area (Å²) in [4.78, 5) is 0. The van der Waals surface area contributed by atoms with E-state index in [0.717, 1.165) is 12.5 Å². The van der Waals surface area contributed by atoms with Gasteiger partial charge in [-0.3, -0.25) is 0 Å². The average molecular weight is 231 g/mol. The maximum atomic E-state index is 3.70. The fraction of sp³-hybridized carbons (Fsp3) is 0.625. The van der Waals surface area contributed by atoms with Gasteiger partial charge in [0.15, 0.2) is 0 Å². The molecule has 1 N–H and O–H groups in total. The summed E-state index contributed by atoms with van der Waals surface area (Å²) in [7, 11) is 0. The number of likely N-dealkylation sites (N-methyl/N-ethyl adjacent to an activating group) is 1. The predicted octanol–water partition coefficient (Wildman–Crippen LogP) is 3.96. The summed E-state index contributed by atoms with van der Waals surface area (Å²) >= 11 is 0. The Morgan fingerprint density at radius 2 is 1.88 bits per heavy atom. The van der Waals surface area contributed by atoms with E-state index in [0.29, 0.717) is 12.0 Å². The van der Waals surface area contributed by atoms with Gasteiger partial charge < -0.3 is 5.32 Å². The second kappa shape index (κ2) is 6.20. The lowest BCUT2D eigenvalue weighted by atomic mass is 9.86. The van der Waals surface area contributed by atoms with E-state index in [9.17, 15) is 0 Å². The predicted molar refractivity (Wildman–Crippen MR) is 74.3 cm³/mol. The molecule has 0 radical (unpaired) electrons. The van der Waals surface area contributed by atoms with Gasteiger partial charge in [0.25, 0.3) is 0 Å². The zero-order chi connectivity index (χ0) is 12.1. The summed E-state index contributed by atoms with van der Waals surface area (Å²) < 4.78 is 0. The molecule has 1 saturated carbocycles. The molecule has 1 nitrogen and oxygen atoms in total. The first-order valence-electron chi connectivity index (χ1n) is 7.13. The summed E-state index contributed by atoms with van der Waals surface area (Å²) in [6, 6.07) is 11.7. The minimum atomic E-state index is 0.667. The van der Waals surface area contributed by atoms with Crippen molar-refractivity contribution in [3.05, 3.63) is 35.9 Å². The van der Waals surface area contributed by atoms with Crippen LogP contribution >= 0.6 is 0 Å². The molecule has 1 aromatic carbocycles. The van der Waals surface area contributed by atoms with Crippen LogP contribution in [0.25, 0.3) is 0 Å². The highest BCUT2D eigenvalue weighted by Crippen LogP contribution is 2.37. The maximum absolute atomic E-state index is 3.70. The van der Waals surface area contributed by atoms with Crippen LogP contribution in [-0.4, -0.2) is 12.6 Å². The fourth-order valence-corrected chi connectivity index (χ4v) is 2.82. The van der Waals surface area contributed by atoms with Crippen molar-refractivity contribution in [2.45, 2.75) is 51.5 Å². The second-order valence-corrected chi connectivity index (χ2v) is 5.27. The van der Waals surface area contributed by atoms with Gasteiger partial charge in [0.2, 0.25) is 0 Å². The molecular formula is C16H25N. The number of hydrogen-bond donors (Lipinski definition) is 1. The smallest absolute Gasteiger partial charge is 0.0138 e. The van der Waals surface area contributed by atoms with Gasteiger partial charge >= 0.3 is 0 Å². The quantitative estimate of drug-likeness (QED) is 0.749. The molecule has 1 heteroatoms. The van der Waals surface area contributed by atoms with Gasteiger partial charge in [0, 0.05) is 6.04 Å². The summed E-state index contributed by atoms with van der Waals surface area (Å²) in [5, 5.41) is 3.70. The minimum Gasteiger partial charge on any atom is -0.314 e. The summed E-state index contributed by atoms with van der Waals surface area (Å²) in [5.41, 5.74) is 1.50. The van der Waals surface area contributed by atoms with Gasteiger partial charge in [-0.05, 0) is 36.8 Å². The third kappa shape index (κ3) is 3.57. The molecule has 0 spiro atoms. The lowest BCUT2D eigenvalue weighted by Crippen LogP contribution is -2.35. The van der Waals surface area contributed by atoms with E-state index in [2.05, 4.69) is 49.5 Å². The molecule has 2 atom stereocenters. The molecule has 0 heterocycles. The SMILES string of the molecule is CCNC(CC1CC1)C(CC)c1ccccc1. The number of nitrogens with one attached hydrogen (secondary N) is 1. The Morgan fingerprint density at radius 3 is 2.41 bits per heavy atom. The van der Waals surface area contributed by atoms with Crippen molar-refractivity contribution in [3.63, 3.8) is 0 Å². The van der Waals surface area contributed by atoms with E-state index in [1.165, 1.54) is 31.2 Å². The van der Waals surface area contributed by atoms with Crippen LogP contribution < -0.4 is 5.32 Å². The van der Waals surface area contributed by atoms with Crippen molar-refractivity contribution < 1.29 is 0 Å². The van der Waals surface area contributed by atoms with Gasteiger partial charge in [-0.1, -0.05) is 57.0 Å². The topological polar surface area (TPSA) is 12.0 Å². The molecule has 17 heavy (non-hydrogen) atoms. The highest BCUT2D eigenvalue weighted by molar-refractivity contribution is 5.21. The van der Waals surface area contributed by atoms with E-state index >= 15 is 0 Å². The van der Waals surface area contributed by atoms with Crippen molar-refractivity contribution in [2.75, 3.05) is 6.54 Å². The lowest BCUT2D eigenvalue weighted by Gasteiger charge is -2.27. The van der Waals surface area contributed by atoms with Crippen molar-refractivity contribution >= 4 is 0 Å². The normalized spacial score (nSPS) is 18.9. The second-order valence-electron chi connectivity index (χ2n) is 5.27. The zero-order valence-electron chi connectivity index (χ0n) is 11.2. The Hall–Kier alpha value is -0.820. The molecule has 94 valence electrons. The van der Waals surface area contributed by atoms with Crippen molar-refractivity contribution in [3.8, 4) is 0 Å². The summed E-state index contributed by atoms with van der Waals surface area (Å²) in [6.45, 7) is 5.62. The fourth-order valence-electron chi connectivity index (χ4n) is 2.82. The van der Waals surface area contributed by atoms with E-state index in [1.807, 2.05) is 0 Å². The highest BCUT2D eigenvalue weighted by Gasteiger charge is 2.29. The van der Waals surface area contributed by atoms with Crippen LogP contribution in [0.4, 0.5) is 0 Å². The van der Waals surface area contributed by atoms with Crippen LogP contribution in [0.5, 0.6) is 0 Å². The highest BCUT2D eigenvalue weighted by atomic mass is 14.9. The molecule has 1 aliphatic carbocycles. The van der Waals surface area contributed by atoms with Crippen molar-refractivity contribution in [1.29, 1.82) is 0 Å². The van der Waals surface area contributed by atoms with Crippen LogP contribution in [0.3, 0.4) is 0 Å². The first-order chi connectivity index (χ1) is 8.35. The maximum Gasteiger partial charge on any atom is 0.0138 e. The molecule has 0 saturated heterocycles. The van der Waals surface area contributed by atoms with Gasteiger partial charge in [-0.2, -0.15) is 0 Å². The Morgan fingerprint density at radius 1 is 1.18 bits per heavy atom. The first kappa shape index (κ1) is 12.6. The van der Waals surface area contributed by atoms with Crippen LogP contribution in [0.1, 0.15) is 51.0 Å². The van der Waals surface area contributed by atoms with Gasteiger partial charge in [0.1, 0.15) is 0 Å². The van der Waals surface area contributed by atoms with E-state index in [4.69, 9.17) is 0 Å². The molecule has 0 bridgehead atoms. The van der Waals surface area contributed by atoms with Crippen LogP contribution in [-0.2, 0) is 0 Å². The van der Waals surface area contributed by atoms with Gasteiger partial charge in [0.05, 0.1) is 0 Å². The third-order valence-electron chi connectivity index (χ3n) is 3.90. The standard InChI is InChI=1S/C16H25N/c1-3-15(14-8-6-5-7-9-14)16(17-4-2)12-13-10-11-13/h5-9,13,15-17H,3-4,10-12H2,1-2H3. The third-order valence-corrected chi connectivity index (χ3v) is 3.90. The Labute approximate surface area is 106 Å². The van der Waals surface area contributed by atoms with Crippen LogP contribution in [0, 0.1) is 5.92 Å². The molecule has 0 aromatic heterocycles. The van der Waals surface area contributed by atoms with Crippen LogP contribution in [0.2, 0.25) is 0 Å². The molecule has 2 rings (SSSR count). The molecule has 2 unspecified atom stereocenters.